The standard InChI is InChI=1S/C10H20N4S/c1-3-5-15-7-9(11)6-10-12-8-13-14(10)4-2/h8-9H,3-7,11H2,1-2H3. The molecule has 4 nitrogen and oxygen atoms in total. The lowest BCUT2D eigenvalue weighted by atomic mass is 10.2. The Kier molecular flexibility index (Phi) is 5.71. The SMILES string of the molecule is CCCSCC(N)Cc1ncnn1CC. The van der Waals surface area contributed by atoms with Crippen LogP contribution in [0, 0.1) is 0 Å². The summed E-state index contributed by atoms with van der Waals surface area (Å²) in [7, 11) is 0. The van der Waals surface area contributed by atoms with Gasteiger partial charge in [-0.15, -0.1) is 0 Å². The highest BCUT2D eigenvalue weighted by Gasteiger charge is 2.08. The molecule has 0 amide bonds. The van der Waals surface area contributed by atoms with Crippen molar-refractivity contribution in [2.45, 2.75) is 39.3 Å². The Morgan fingerprint density at radius 1 is 1.53 bits per heavy atom. The van der Waals surface area contributed by atoms with Crippen LogP contribution in [0.25, 0.3) is 0 Å². The fraction of sp³-hybridized carbons (Fsp3) is 0.800. The molecule has 86 valence electrons. The molecule has 0 saturated heterocycles. The Morgan fingerprint density at radius 3 is 3.00 bits per heavy atom. The summed E-state index contributed by atoms with van der Waals surface area (Å²) in [6, 6.07) is 0.191. The summed E-state index contributed by atoms with van der Waals surface area (Å²) in [6.07, 6.45) is 3.64. The normalized spacial score (nSPS) is 13.0. The van der Waals surface area contributed by atoms with Crippen molar-refractivity contribution in [2.24, 2.45) is 5.73 Å². The largest absolute Gasteiger partial charge is 0.327 e. The average Bonchev–Trinajstić information content (AvgIpc) is 2.65. The van der Waals surface area contributed by atoms with Crippen molar-refractivity contribution in [1.29, 1.82) is 0 Å². The Morgan fingerprint density at radius 2 is 2.33 bits per heavy atom. The van der Waals surface area contributed by atoms with Gasteiger partial charge in [0.2, 0.25) is 0 Å². The summed E-state index contributed by atoms with van der Waals surface area (Å²) >= 11 is 1.91. The second-order valence-corrected chi connectivity index (χ2v) is 4.68. The lowest BCUT2D eigenvalue weighted by Gasteiger charge is -2.10. The summed E-state index contributed by atoms with van der Waals surface area (Å²) in [5.74, 6) is 3.19. The third-order valence-electron chi connectivity index (χ3n) is 2.12. The topological polar surface area (TPSA) is 56.7 Å². The number of hydrogen-bond donors (Lipinski definition) is 1. The van der Waals surface area contributed by atoms with Gasteiger partial charge in [-0.05, 0) is 19.1 Å². The molecule has 0 fully saturated rings. The number of hydrogen-bond acceptors (Lipinski definition) is 4. The molecule has 1 unspecified atom stereocenters. The van der Waals surface area contributed by atoms with Crippen LogP contribution < -0.4 is 5.73 Å². The molecule has 0 bridgehead atoms. The molecule has 1 rings (SSSR count). The molecule has 15 heavy (non-hydrogen) atoms. The number of nitrogens with zero attached hydrogens (tertiary/aromatic N) is 3. The monoisotopic (exact) mass is 228 g/mol. The molecule has 5 heteroatoms. The van der Waals surface area contributed by atoms with Gasteiger partial charge in [0.05, 0.1) is 0 Å². The molecule has 1 aromatic rings. The van der Waals surface area contributed by atoms with Gasteiger partial charge < -0.3 is 5.73 Å². The first-order valence-corrected chi connectivity index (χ1v) is 6.63. The highest BCUT2D eigenvalue weighted by Crippen LogP contribution is 2.06. The minimum atomic E-state index is 0.191. The van der Waals surface area contributed by atoms with Gasteiger partial charge in [-0.2, -0.15) is 16.9 Å². The van der Waals surface area contributed by atoms with Gasteiger partial charge in [0, 0.05) is 24.8 Å². The van der Waals surface area contributed by atoms with Crippen LogP contribution in [-0.4, -0.2) is 32.3 Å². The molecule has 0 spiro atoms. The molecule has 0 saturated carbocycles. The molecule has 1 aromatic heterocycles. The van der Waals surface area contributed by atoms with Crippen molar-refractivity contribution >= 4 is 11.8 Å². The third-order valence-corrected chi connectivity index (χ3v) is 3.48. The van der Waals surface area contributed by atoms with Crippen LogP contribution in [0.3, 0.4) is 0 Å². The molecular weight excluding hydrogens is 208 g/mol. The molecule has 0 aliphatic carbocycles. The van der Waals surface area contributed by atoms with E-state index < -0.39 is 0 Å². The van der Waals surface area contributed by atoms with Gasteiger partial charge in [-0.3, -0.25) is 4.68 Å². The van der Waals surface area contributed by atoms with E-state index >= 15 is 0 Å². The van der Waals surface area contributed by atoms with Gasteiger partial charge in [0.15, 0.2) is 0 Å². The smallest absolute Gasteiger partial charge is 0.138 e. The molecule has 0 radical (unpaired) electrons. The molecule has 1 atom stereocenters. The zero-order valence-electron chi connectivity index (χ0n) is 9.52. The maximum Gasteiger partial charge on any atom is 0.138 e. The van der Waals surface area contributed by atoms with E-state index in [-0.39, 0.29) is 6.04 Å². The lowest BCUT2D eigenvalue weighted by molar-refractivity contribution is 0.588. The van der Waals surface area contributed by atoms with E-state index in [0.29, 0.717) is 0 Å². The minimum Gasteiger partial charge on any atom is -0.327 e. The second kappa shape index (κ2) is 6.85. The molecule has 2 N–H and O–H groups in total. The van der Waals surface area contributed by atoms with Crippen LogP contribution in [0.5, 0.6) is 0 Å². The van der Waals surface area contributed by atoms with Crippen LogP contribution in [-0.2, 0) is 13.0 Å². The maximum absolute atomic E-state index is 6.03. The highest BCUT2D eigenvalue weighted by atomic mass is 32.2. The van der Waals surface area contributed by atoms with E-state index in [1.165, 1.54) is 12.2 Å². The van der Waals surface area contributed by atoms with Crippen LogP contribution in [0.2, 0.25) is 0 Å². The van der Waals surface area contributed by atoms with Crippen molar-refractivity contribution in [3.05, 3.63) is 12.2 Å². The summed E-state index contributed by atoms with van der Waals surface area (Å²) in [6.45, 7) is 5.12. The summed E-state index contributed by atoms with van der Waals surface area (Å²) in [5.41, 5.74) is 6.03. The number of aromatic nitrogens is 3. The van der Waals surface area contributed by atoms with Crippen LogP contribution in [0.4, 0.5) is 0 Å². The van der Waals surface area contributed by atoms with Crippen molar-refractivity contribution in [3.8, 4) is 0 Å². The Bertz CT molecular complexity index is 274. The van der Waals surface area contributed by atoms with Gasteiger partial charge in [0.1, 0.15) is 12.2 Å². The quantitative estimate of drug-likeness (QED) is 0.715. The maximum atomic E-state index is 6.03. The molecule has 0 aliphatic rings. The number of thioether (sulfide) groups is 1. The molecule has 1 heterocycles. The van der Waals surface area contributed by atoms with Gasteiger partial charge in [-0.25, -0.2) is 4.98 Å². The van der Waals surface area contributed by atoms with Crippen LogP contribution >= 0.6 is 11.8 Å². The van der Waals surface area contributed by atoms with E-state index in [9.17, 15) is 0 Å². The summed E-state index contributed by atoms with van der Waals surface area (Å²) in [5, 5.41) is 4.13. The van der Waals surface area contributed by atoms with Crippen molar-refractivity contribution in [1.82, 2.24) is 14.8 Å². The average molecular weight is 228 g/mol. The van der Waals surface area contributed by atoms with Gasteiger partial charge in [0.25, 0.3) is 0 Å². The van der Waals surface area contributed by atoms with Crippen molar-refractivity contribution in [2.75, 3.05) is 11.5 Å². The number of nitrogens with two attached hydrogens (primary N) is 1. The second-order valence-electron chi connectivity index (χ2n) is 3.53. The van der Waals surface area contributed by atoms with E-state index in [1.54, 1.807) is 6.33 Å². The van der Waals surface area contributed by atoms with Gasteiger partial charge in [-0.1, -0.05) is 6.92 Å². The minimum absolute atomic E-state index is 0.191. The predicted octanol–water partition coefficient (Wildman–Crippen LogP) is 1.31. The van der Waals surface area contributed by atoms with Crippen molar-refractivity contribution < 1.29 is 0 Å². The van der Waals surface area contributed by atoms with Crippen LogP contribution in [0.1, 0.15) is 26.1 Å². The first-order chi connectivity index (χ1) is 7.27. The molecule has 0 aromatic carbocycles. The number of aryl methyl sites for hydroxylation is 1. The Hall–Kier alpha value is -0.550. The first kappa shape index (κ1) is 12.5. The fourth-order valence-electron chi connectivity index (χ4n) is 1.38. The van der Waals surface area contributed by atoms with E-state index in [4.69, 9.17) is 5.73 Å². The predicted molar refractivity (Wildman–Crippen MR) is 65.0 cm³/mol. The lowest BCUT2D eigenvalue weighted by Crippen LogP contribution is -2.27. The first-order valence-electron chi connectivity index (χ1n) is 5.47. The fourth-order valence-corrected chi connectivity index (χ4v) is 2.26. The van der Waals surface area contributed by atoms with E-state index in [0.717, 1.165) is 24.5 Å². The van der Waals surface area contributed by atoms with E-state index in [2.05, 4.69) is 23.9 Å². The summed E-state index contributed by atoms with van der Waals surface area (Å²) < 4.78 is 1.91. The Balaban J connectivity index is 2.33. The van der Waals surface area contributed by atoms with Crippen LogP contribution in [0.15, 0.2) is 6.33 Å². The van der Waals surface area contributed by atoms with Gasteiger partial charge >= 0.3 is 0 Å². The zero-order chi connectivity index (χ0) is 11.1. The Labute approximate surface area is 95.6 Å². The third kappa shape index (κ3) is 4.22. The van der Waals surface area contributed by atoms with E-state index in [1.807, 2.05) is 16.4 Å². The molecule has 0 aliphatic heterocycles. The zero-order valence-corrected chi connectivity index (χ0v) is 10.3. The molecular formula is C10H20N4S. The summed E-state index contributed by atoms with van der Waals surface area (Å²) in [4.78, 5) is 4.22. The highest BCUT2D eigenvalue weighted by molar-refractivity contribution is 7.99. The van der Waals surface area contributed by atoms with Crippen molar-refractivity contribution in [3.63, 3.8) is 0 Å². The number of rotatable bonds is 7.